The van der Waals surface area contributed by atoms with E-state index < -0.39 is 15.9 Å². The van der Waals surface area contributed by atoms with Crippen LogP contribution in [-0.4, -0.2) is 69.3 Å². The van der Waals surface area contributed by atoms with Crippen molar-refractivity contribution in [3.05, 3.63) is 34.9 Å². The molecule has 28 heavy (non-hydrogen) atoms. The van der Waals surface area contributed by atoms with Gasteiger partial charge in [-0.3, -0.25) is 9.59 Å². The molecule has 0 radical (unpaired) electrons. The normalized spacial score (nSPS) is 15.0. The zero-order valence-corrected chi connectivity index (χ0v) is 17.6. The topological polar surface area (TPSA) is 96.0 Å². The van der Waals surface area contributed by atoms with Crippen LogP contribution in [0.1, 0.15) is 13.8 Å². The maximum atomic E-state index is 12.8. The van der Waals surface area contributed by atoms with Gasteiger partial charge in [-0.05, 0) is 32.0 Å². The van der Waals surface area contributed by atoms with E-state index in [1.807, 2.05) is 0 Å². The molecule has 1 aliphatic heterocycles. The lowest BCUT2D eigenvalue weighted by Crippen LogP contribution is -2.40. The van der Waals surface area contributed by atoms with Crippen LogP contribution in [-0.2, 0) is 24.3 Å². The first-order chi connectivity index (χ1) is 13.1. The van der Waals surface area contributed by atoms with Gasteiger partial charge >= 0.3 is 0 Å². The highest BCUT2D eigenvalue weighted by Crippen LogP contribution is 2.28. The Morgan fingerprint density at radius 3 is 2.54 bits per heavy atom. The molecule has 10 heteroatoms. The molecule has 1 aromatic carbocycles. The van der Waals surface area contributed by atoms with E-state index in [1.54, 1.807) is 13.8 Å². The minimum atomic E-state index is -3.80. The summed E-state index contributed by atoms with van der Waals surface area (Å²) in [5.41, 5.74) is 1.11. The van der Waals surface area contributed by atoms with Crippen LogP contribution >= 0.6 is 11.6 Å². The van der Waals surface area contributed by atoms with E-state index in [1.165, 1.54) is 40.5 Å². The molecule has 0 aliphatic carbocycles. The van der Waals surface area contributed by atoms with Gasteiger partial charge in [-0.2, -0.15) is 4.31 Å². The summed E-state index contributed by atoms with van der Waals surface area (Å²) in [6.07, 6.45) is 1.43. The lowest BCUT2D eigenvalue weighted by Gasteiger charge is -2.26. The summed E-state index contributed by atoms with van der Waals surface area (Å²) in [5.74, 6) is -0.739. The number of rotatable bonds is 6. The second kappa shape index (κ2) is 9.51. The summed E-state index contributed by atoms with van der Waals surface area (Å²) < 4.78 is 32.1. The standard InChI is InChI=1S/C18H24ClN3O5S/c1-13(2)10-18(24)21(3)12-17(23)20-14-4-5-15(19)16(11-14)28(25,26)22-6-8-27-9-7-22/h4-5,10-11H,6-9,12H2,1-3H3,(H,20,23). The lowest BCUT2D eigenvalue weighted by molar-refractivity contribution is -0.129. The van der Waals surface area contributed by atoms with Gasteiger partial charge in [0.2, 0.25) is 21.8 Å². The summed E-state index contributed by atoms with van der Waals surface area (Å²) >= 11 is 6.10. The molecule has 0 saturated carbocycles. The predicted octanol–water partition coefficient (Wildman–Crippen LogP) is 1.72. The van der Waals surface area contributed by atoms with Crippen LogP contribution in [0.3, 0.4) is 0 Å². The van der Waals surface area contributed by atoms with Crippen molar-refractivity contribution in [3.8, 4) is 0 Å². The maximum absolute atomic E-state index is 12.8. The summed E-state index contributed by atoms with van der Waals surface area (Å²) in [5, 5.41) is 2.67. The molecule has 1 aliphatic rings. The molecule has 0 aromatic heterocycles. The Morgan fingerprint density at radius 2 is 1.93 bits per heavy atom. The first kappa shape index (κ1) is 22.4. The fourth-order valence-corrected chi connectivity index (χ4v) is 4.46. The second-order valence-corrected chi connectivity index (χ2v) is 8.94. The molecule has 1 saturated heterocycles. The van der Waals surface area contributed by atoms with Crippen LogP contribution in [0.5, 0.6) is 0 Å². The average molecular weight is 430 g/mol. The number of anilines is 1. The highest BCUT2D eigenvalue weighted by molar-refractivity contribution is 7.89. The van der Waals surface area contributed by atoms with Gasteiger partial charge in [-0.1, -0.05) is 17.2 Å². The van der Waals surface area contributed by atoms with E-state index in [2.05, 4.69) is 5.32 Å². The van der Waals surface area contributed by atoms with E-state index in [4.69, 9.17) is 16.3 Å². The molecule has 8 nitrogen and oxygen atoms in total. The largest absolute Gasteiger partial charge is 0.379 e. The molecule has 0 spiro atoms. The van der Waals surface area contributed by atoms with Gasteiger partial charge in [0.15, 0.2) is 0 Å². The highest BCUT2D eigenvalue weighted by atomic mass is 35.5. The van der Waals surface area contributed by atoms with Crippen LogP contribution in [0.25, 0.3) is 0 Å². The van der Waals surface area contributed by atoms with Crippen molar-refractivity contribution >= 4 is 39.1 Å². The van der Waals surface area contributed by atoms with Gasteiger partial charge in [0.1, 0.15) is 4.90 Å². The van der Waals surface area contributed by atoms with Gasteiger partial charge in [-0.15, -0.1) is 0 Å². The molecule has 1 N–H and O–H groups in total. The first-order valence-electron chi connectivity index (χ1n) is 8.68. The predicted molar refractivity (Wildman–Crippen MR) is 107 cm³/mol. The molecular weight excluding hydrogens is 406 g/mol. The van der Waals surface area contributed by atoms with Crippen LogP contribution < -0.4 is 5.32 Å². The van der Waals surface area contributed by atoms with Crippen molar-refractivity contribution in [1.29, 1.82) is 0 Å². The SMILES string of the molecule is CC(C)=CC(=O)N(C)CC(=O)Nc1ccc(Cl)c(S(=O)(=O)N2CCOCC2)c1. The molecule has 154 valence electrons. The molecule has 2 amide bonds. The van der Waals surface area contributed by atoms with Crippen LogP contribution in [0.15, 0.2) is 34.7 Å². The van der Waals surface area contributed by atoms with Crippen molar-refractivity contribution in [3.63, 3.8) is 0 Å². The third-order valence-corrected chi connectivity index (χ3v) is 6.35. The molecule has 0 unspecified atom stereocenters. The molecule has 0 atom stereocenters. The number of sulfonamides is 1. The number of benzene rings is 1. The smallest absolute Gasteiger partial charge is 0.246 e. The van der Waals surface area contributed by atoms with Gasteiger partial charge in [0.05, 0.1) is 24.8 Å². The van der Waals surface area contributed by atoms with Crippen LogP contribution in [0.4, 0.5) is 5.69 Å². The van der Waals surface area contributed by atoms with Crippen molar-refractivity contribution < 1.29 is 22.7 Å². The summed E-state index contributed by atoms with van der Waals surface area (Å²) in [7, 11) is -2.29. The highest BCUT2D eigenvalue weighted by Gasteiger charge is 2.28. The zero-order valence-electron chi connectivity index (χ0n) is 16.1. The number of likely N-dealkylation sites (N-methyl/N-ethyl adjacent to an activating group) is 1. The van der Waals surface area contributed by atoms with Crippen molar-refractivity contribution in [1.82, 2.24) is 9.21 Å². The maximum Gasteiger partial charge on any atom is 0.246 e. The number of halogens is 1. The Balaban J connectivity index is 2.13. The molecular formula is C18H24ClN3O5S. The monoisotopic (exact) mass is 429 g/mol. The number of hydrogen-bond acceptors (Lipinski definition) is 5. The molecule has 0 bridgehead atoms. The van der Waals surface area contributed by atoms with Crippen molar-refractivity contribution in [2.24, 2.45) is 0 Å². The van der Waals surface area contributed by atoms with Gasteiger partial charge in [0, 0.05) is 31.9 Å². The minimum Gasteiger partial charge on any atom is -0.379 e. The summed E-state index contributed by atoms with van der Waals surface area (Å²) in [6, 6.07) is 4.25. The number of morpholine rings is 1. The van der Waals surface area contributed by atoms with E-state index in [9.17, 15) is 18.0 Å². The number of hydrogen-bond donors (Lipinski definition) is 1. The third kappa shape index (κ3) is 5.78. The van der Waals surface area contributed by atoms with Gasteiger partial charge < -0.3 is 15.0 Å². The Labute approximate surface area is 170 Å². The van der Waals surface area contributed by atoms with E-state index in [0.29, 0.717) is 13.2 Å². The van der Waals surface area contributed by atoms with Crippen LogP contribution in [0.2, 0.25) is 5.02 Å². The number of nitrogens with zero attached hydrogens (tertiary/aromatic N) is 2. The number of carbonyl (C=O) groups excluding carboxylic acids is 2. The number of allylic oxidation sites excluding steroid dienone is 1. The third-order valence-electron chi connectivity index (χ3n) is 3.97. The number of ether oxygens (including phenoxy) is 1. The minimum absolute atomic E-state index is 0.0698. The molecule has 1 fully saturated rings. The second-order valence-electron chi connectivity index (χ2n) is 6.63. The van der Waals surface area contributed by atoms with E-state index in [0.717, 1.165) is 5.57 Å². The Bertz CT molecular complexity index is 875. The Kier molecular flexibility index (Phi) is 7.59. The fraction of sp³-hybridized carbons (Fsp3) is 0.444. The summed E-state index contributed by atoms with van der Waals surface area (Å²) in [4.78, 5) is 25.3. The van der Waals surface area contributed by atoms with Crippen molar-refractivity contribution in [2.75, 3.05) is 45.2 Å². The van der Waals surface area contributed by atoms with Crippen molar-refractivity contribution in [2.45, 2.75) is 18.7 Å². The van der Waals surface area contributed by atoms with Gasteiger partial charge in [-0.25, -0.2) is 8.42 Å². The lowest BCUT2D eigenvalue weighted by atomic mass is 10.3. The van der Waals surface area contributed by atoms with Crippen LogP contribution in [0, 0.1) is 0 Å². The van der Waals surface area contributed by atoms with E-state index >= 15 is 0 Å². The van der Waals surface area contributed by atoms with Gasteiger partial charge in [0.25, 0.3) is 0 Å². The Hall–Kier alpha value is -1.94. The fourth-order valence-electron chi connectivity index (χ4n) is 2.56. The number of carbonyl (C=O) groups is 2. The Morgan fingerprint density at radius 1 is 1.29 bits per heavy atom. The molecule has 2 rings (SSSR count). The quantitative estimate of drug-likeness (QED) is 0.694. The number of nitrogens with one attached hydrogen (secondary N) is 1. The summed E-state index contributed by atoms with van der Waals surface area (Å²) in [6.45, 7) is 4.53. The number of amides is 2. The average Bonchev–Trinajstić information content (AvgIpc) is 2.63. The first-order valence-corrected chi connectivity index (χ1v) is 10.5. The zero-order chi connectivity index (χ0) is 20.9. The van der Waals surface area contributed by atoms with E-state index in [-0.39, 0.29) is 41.1 Å². The molecule has 1 heterocycles. The molecule has 1 aromatic rings.